The molecule has 0 aromatic heterocycles. The van der Waals surface area contributed by atoms with Crippen LogP contribution in [0.15, 0.2) is 12.1 Å². The van der Waals surface area contributed by atoms with E-state index in [2.05, 4.69) is 0 Å². The number of nitrogens with zero attached hydrogens (tertiary/aromatic N) is 1. The van der Waals surface area contributed by atoms with Crippen molar-refractivity contribution in [2.24, 2.45) is 0 Å². The molecule has 1 aliphatic heterocycles. The quantitative estimate of drug-likeness (QED) is 0.611. The van der Waals surface area contributed by atoms with Gasteiger partial charge in [-0.1, -0.05) is 6.07 Å². The summed E-state index contributed by atoms with van der Waals surface area (Å²) in [6.07, 6.45) is -0.266. The largest absolute Gasteiger partial charge is 0.477 e. The van der Waals surface area contributed by atoms with E-state index < -0.39 is 10.5 Å². The van der Waals surface area contributed by atoms with E-state index in [1.807, 2.05) is 27.7 Å². The van der Waals surface area contributed by atoms with E-state index in [1.54, 1.807) is 6.07 Å². The minimum absolute atomic E-state index is 0.00544. The van der Waals surface area contributed by atoms with Gasteiger partial charge in [0.2, 0.25) is 5.75 Å². The predicted octanol–water partition coefficient (Wildman–Crippen LogP) is 3.15. The molecule has 0 fully saturated rings. The van der Waals surface area contributed by atoms with Crippen molar-refractivity contribution in [2.75, 3.05) is 6.61 Å². The molecule has 1 aromatic carbocycles. The Bertz CT molecular complexity index is 496. The molecule has 0 spiro atoms. The van der Waals surface area contributed by atoms with Crippen LogP contribution in [0.3, 0.4) is 0 Å². The molecule has 5 nitrogen and oxygen atoms in total. The Morgan fingerprint density at radius 3 is 2.72 bits per heavy atom. The predicted molar refractivity (Wildman–Crippen MR) is 66.9 cm³/mol. The highest BCUT2D eigenvalue weighted by Crippen LogP contribution is 2.50. The average molecular weight is 251 g/mol. The molecule has 0 saturated carbocycles. The van der Waals surface area contributed by atoms with Crippen LogP contribution >= 0.6 is 0 Å². The Balaban J connectivity index is 2.61. The van der Waals surface area contributed by atoms with E-state index in [-0.39, 0.29) is 11.8 Å². The molecule has 18 heavy (non-hydrogen) atoms. The van der Waals surface area contributed by atoms with Crippen LogP contribution in [0.25, 0.3) is 0 Å². The summed E-state index contributed by atoms with van der Waals surface area (Å²) in [5, 5.41) is 11.0. The summed E-state index contributed by atoms with van der Waals surface area (Å²) in [5.74, 6) is 0.350. The van der Waals surface area contributed by atoms with Gasteiger partial charge in [-0.15, -0.1) is 0 Å². The van der Waals surface area contributed by atoms with Gasteiger partial charge in [0, 0.05) is 18.2 Å². The van der Waals surface area contributed by atoms with Crippen LogP contribution < -0.4 is 4.74 Å². The van der Waals surface area contributed by atoms with E-state index in [4.69, 9.17) is 9.47 Å². The number of nitro benzene ring substituents is 1. The number of fused-ring (bicyclic) bond motifs is 1. The Morgan fingerprint density at radius 1 is 1.50 bits per heavy atom. The maximum absolute atomic E-state index is 11.0. The third-order valence-corrected chi connectivity index (χ3v) is 3.18. The number of ether oxygens (including phenoxy) is 2. The molecule has 1 heterocycles. The van der Waals surface area contributed by atoms with Crippen LogP contribution in [0, 0.1) is 17.0 Å². The second kappa shape index (κ2) is 4.24. The standard InChI is InChI=1S/C13H17NO4/c1-5-17-12-10-8(2)6-7-9(14(15)16)11(10)18-13(12,3)4/h6-7,12H,5H2,1-4H3/t12-/m0/s1. The van der Waals surface area contributed by atoms with Gasteiger partial charge < -0.3 is 9.47 Å². The summed E-state index contributed by atoms with van der Waals surface area (Å²) in [7, 11) is 0. The Kier molecular flexibility index (Phi) is 3.02. The molecule has 98 valence electrons. The van der Waals surface area contributed by atoms with Gasteiger partial charge in [0.15, 0.2) is 0 Å². The fourth-order valence-corrected chi connectivity index (χ4v) is 2.38. The summed E-state index contributed by atoms with van der Waals surface area (Å²) < 4.78 is 11.5. The van der Waals surface area contributed by atoms with Crippen molar-refractivity contribution in [3.05, 3.63) is 33.4 Å². The van der Waals surface area contributed by atoms with E-state index in [0.29, 0.717) is 12.4 Å². The molecule has 0 amide bonds. The first-order valence-electron chi connectivity index (χ1n) is 5.97. The SMILES string of the molecule is CCO[C@H]1c2c(C)ccc([N+](=O)[O-])c2OC1(C)C. The summed E-state index contributed by atoms with van der Waals surface area (Å²) in [5.41, 5.74) is 1.18. The first-order valence-corrected chi connectivity index (χ1v) is 5.97. The number of rotatable bonds is 3. The second-order valence-corrected chi connectivity index (χ2v) is 4.94. The van der Waals surface area contributed by atoms with Crippen molar-refractivity contribution in [2.45, 2.75) is 39.4 Å². The molecule has 1 aromatic rings. The summed E-state index contributed by atoms with van der Waals surface area (Å²) >= 11 is 0. The lowest BCUT2D eigenvalue weighted by molar-refractivity contribution is -0.386. The van der Waals surface area contributed by atoms with Crippen LogP contribution in [0.5, 0.6) is 5.75 Å². The third kappa shape index (κ3) is 1.84. The maximum atomic E-state index is 11.0. The van der Waals surface area contributed by atoms with Gasteiger partial charge in [-0.2, -0.15) is 0 Å². The lowest BCUT2D eigenvalue weighted by atomic mass is 9.94. The minimum Gasteiger partial charge on any atom is -0.477 e. The van der Waals surface area contributed by atoms with Crippen molar-refractivity contribution >= 4 is 5.69 Å². The van der Waals surface area contributed by atoms with Gasteiger partial charge in [-0.05, 0) is 33.3 Å². The molecule has 1 atom stereocenters. The molecule has 0 unspecified atom stereocenters. The number of hydrogen-bond donors (Lipinski definition) is 0. The van der Waals surface area contributed by atoms with Gasteiger partial charge in [0.05, 0.1) is 4.92 Å². The molecule has 0 saturated heterocycles. The molecule has 0 N–H and O–H groups in total. The summed E-state index contributed by atoms with van der Waals surface area (Å²) in [6.45, 7) is 8.13. The number of hydrogen-bond acceptors (Lipinski definition) is 4. The van der Waals surface area contributed by atoms with Crippen molar-refractivity contribution in [1.82, 2.24) is 0 Å². The van der Waals surface area contributed by atoms with Gasteiger partial charge >= 0.3 is 5.69 Å². The second-order valence-electron chi connectivity index (χ2n) is 4.94. The molecule has 2 rings (SSSR count). The van der Waals surface area contributed by atoms with E-state index >= 15 is 0 Å². The first kappa shape index (κ1) is 12.8. The molecule has 0 bridgehead atoms. The number of nitro groups is 1. The molecule has 1 aliphatic rings. The highest BCUT2D eigenvalue weighted by molar-refractivity contribution is 5.59. The summed E-state index contributed by atoms with van der Waals surface area (Å²) in [6, 6.07) is 3.23. The zero-order chi connectivity index (χ0) is 13.5. The zero-order valence-electron chi connectivity index (χ0n) is 11.0. The normalized spacial score (nSPS) is 20.3. The van der Waals surface area contributed by atoms with Crippen LogP contribution in [0.1, 0.15) is 38.0 Å². The van der Waals surface area contributed by atoms with Gasteiger partial charge in [-0.3, -0.25) is 10.1 Å². The molecular formula is C13H17NO4. The van der Waals surface area contributed by atoms with Crippen molar-refractivity contribution in [3.8, 4) is 5.75 Å². The van der Waals surface area contributed by atoms with Crippen LogP contribution in [-0.2, 0) is 4.74 Å². The monoisotopic (exact) mass is 251 g/mol. The molecule has 0 radical (unpaired) electrons. The lowest BCUT2D eigenvalue weighted by Crippen LogP contribution is -2.32. The van der Waals surface area contributed by atoms with Crippen LogP contribution in [0.2, 0.25) is 0 Å². The van der Waals surface area contributed by atoms with Crippen molar-refractivity contribution < 1.29 is 14.4 Å². The minimum atomic E-state index is -0.588. The molecule has 5 heteroatoms. The maximum Gasteiger partial charge on any atom is 0.311 e. The molecule has 0 aliphatic carbocycles. The highest BCUT2D eigenvalue weighted by Gasteiger charge is 2.46. The smallest absolute Gasteiger partial charge is 0.311 e. The lowest BCUT2D eigenvalue weighted by Gasteiger charge is -2.26. The number of benzene rings is 1. The van der Waals surface area contributed by atoms with Gasteiger partial charge in [-0.25, -0.2) is 0 Å². The highest BCUT2D eigenvalue weighted by atomic mass is 16.6. The van der Waals surface area contributed by atoms with Gasteiger partial charge in [0.25, 0.3) is 0 Å². The Labute approximate surface area is 106 Å². The first-order chi connectivity index (χ1) is 8.38. The Hall–Kier alpha value is -1.62. The summed E-state index contributed by atoms with van der Waals surface area (Å²) in [4.78, 5) is 10.6. The van der Waals surface area contributed by atoms with E-state index in [1.165, 1.54) is 6.07 Å². The molecular weight excluding hydrogens is 234 g/mol. The van der Waals surface area contributed by atoms with E-state index in [9.17, 15) is 10.1 Å². The van der Waals surface area contributed by atoms with E-state index in [0.717, 1.165) is 11.1 Å². The Morgan fingerprint density at radius 2 is 2.17 bits per heavy atom. The van der Waals surface area contributed by atoms with Crippen molar-refractivity contribution in [1.29, 1.82) is 0 Å². The number of aryl methyl sites for hydroxylation is 1. The average Bonchev–Trinajstić information content (AvgIpc) is 2.52. The zero-order valence-corrected chi connectivity index (χ0v) is 11.0. The topological polar surface area (TPSA) is 61.6 Å². The van der Waals surface area contributed by atoms with Crippen molar-refractivity contribution in [3.63, 3.8) is 0 Å². The fraction of sp³-hybridized carbons (Fsp3) is 0.538. The van der Waals surface area contributed by atoms with Crippen LogP contribution in [0.4, 0.5) is 5.69 Å². The fourth-order valence-electron chi connectivity index (χ4n) is 2.38. The van der Waals surface area contributed by atoms with Crippen LogP contribution in [-0.4, -0.2) is 17.1 Å². The third-order valence-electron chi connectivity index (χ3n) is 3.18. The van der Waals surface area contributed by atoms with Gasteiger partial charge in [0.1, 0.15) is 11.7 Å².